The normalized spacial score (nSPS) is 10.7. The average molecular weight is 469 g/mol. The van der Waals surface area contributed by atoms with Crippen LogP contribution in [-0.4, -0.2) is 28.8 Å². The Morgan fingerprint density at radius 2 is 2.12 bits per heavy atom. The van der Waals surface area contributed by atoms with E-state index in [0.29, 0.717) is 16.7 Å². The SMILES string of the molecule is Cc1ccc(OCC(=O)N/N=C/c2cc(I)cc(C)c2O)c([N+](=O)[O-])c1. The van der Waals surface area contributed by atoms with E-state index in [-0.39, 0.29) is 17.2 Å². The van der Waals surface area contributed by atoms with Gasteiger partial charge in [0.2, 0.25) is 0 Å². The lowest BCUT2D eigenvalue weighted by molar-refractivity contribution is -0.385. The fraction of sp³-hybridized carbons (Fsp3) is 0.176. The summed E-state index contributed by atoms with van der Waals surface area (Å²) in [5.74, 6) is -0.501. The Balaban J connectivity index is 1.97. The van der Waals surface area contributed by atoms with Gasteiger partial charge in [0.25, 0.3) is 5.91 Å². The van der Waals surface area contributed by atoms with E-state index in [1.807, 2.05) is 6.07 Å². The number of nitrogens with one attached hydrogen (secondary N) is 1. The highest BCUT2D eigenvalue weighted by molar-refractivity contribution is 14.1. The maximum atomic E-state index is 11.8. The number of nitrogens with zero attached hydrogens (tertiary/aromatic N) is 2. The number of ether oxygens (including phenoxy) is 1. The predicted octanol–water partition coefficient (Wildman–Crippen LogP) is 3.05. The van der Waals surface area contributed by atoms with Crippen molar-refractivity contribution in [3.05, 3.63) is 60.7 Å². The van der Waals surface area contributed by atoms with E-state index >= 15 is 0 Å². The Bertz CT molecular complexity index is 883. The molecule has 0 saturated heterocycles. The first-order chi connectivity index (χ1) is 12.3. The van der Waals surface area contributed by atoms with Crippen LogP contribution in [0.4, 0.5) is 5.69 Å². The van der Waals surface area contributed by atoms with Gasteiger partial charge in [0, 0.05) is 15.2 Å². The van der Waals surface area contributed by atoms with Crippen LogP contribution in [0.25, 0.3) is 0 Å². The number of aromatic hydroxyl groups is 1. The molecule has 1 amide bonds. The first-order valence-electron chi connectivity index (χ1n) is 7.47. The molecule has 0 aliphatic rings. The smallest absolute Gasteiger partial charge is 0.311 e. The third kappa shape index (κ3) is 5.15. The summed E-state index contributed by atoms with van der Waals surface area (Å²) in [7, 11) is 0. The van der Waals surface area contributed by atoms with E-state index in [0.717, 1.165) is 3.57 Å². The fourth-order valence-corrected chi connectivity index (χ4v) is 2.90. The number of hydrogen-bond donors (Lipinski definition) is 2. The summed E-state index contributed by atoms with van der Waals surface area (Å²) in [6, 6.07) is 7.99. The Morgan fingerprint density at radius 3 is 2.81 bits per heavy atom. The molecule has 2 N–H and O–H groups in total. The van der Waals surface area contributed by atoms with Gasteiger partial charge in [0.1, 0.15) is 5.75 Å². The van der Waals surface area contributed by atoms with Gasteiger partial charge in [0.15, 0.2) is 12.4 Å². The number of phenols is 1. The van der Waals surface area contributed by atoms with E-state index in [9.17, 15) is 20.0 Å². The maximum Gasteiger partial charge on any atom is 0.311 e. The topological polar surface area (TPSA) is 114 Å². The highest BCUT2D eigenvalue weighted by Crippen LogP contribution is 2.27. The van der Waals surface area contributed by atoms with Crippen molar-refractivity contribution < 1.29 is 19.6 Å². The summed E-state index contributed by atoms with van der Waals surface area (Å²) in [6.45, 7) is 3.05. The lowest BCUT2D eigenvalue weighted by atomic mass is 10.1. The van der Waals surface area contributed by atoms with Crippen LogP contribution in [0.15, 0.2) is 35.4 Å². The largest absolute Gasteiger partial charge is 0.507 e. The van der Waals surface area contributed by atoms with Gasteiger partial charge in [-0.2, -0.15) is 5.10 Å². The van der Waals surface area contributed by atoms with Crippen LogP contribution in [-0.2, 0) is 4.79 Å². The zero-order chi connectivity index (χ0) is 19.3. The quantitative estimate of drug-likeness (QED) is 0.292. The van der Waals surface area contributed by atoms with Gasteiger partial charge in [-0.25, -0.2) is 5.43 Å². The van der Waals surface area contributed by atoms with Crippen molar-refractivity contribution in [1.29, 1.82) is 0 Å². The molecule has 2 rings (SSSR count). The monoisotopic (exact) mass is 469 g/mol. The third-order valence-electron chi connectivity index (χ3n) is 3.36. The van der Waals surface area contributed by atoms with Crippen molar-refractivity contribution in [3.8, 4) is 11.5 Å². The number of nitro benzene ring substituents is 1. The minimum atomic E-state index is -0.585. The Kier molecular flexibility index (Phi) is 6.50. The Morgan fingerprint density at radius 1 is 1.38 bits per heavy atom. The molecule has 0 heterocycles. The molecule has 2 aromatic rings. The Labute approximate surface area is 163 Å². The zero-order valence-electron chi connectivity index (χ0n) is 14.0. The lowest BCUT2D eigenvalue weighted by Crippen LogP contribution is -2.24. The predicted molar refractivity (Wildman–Crippen MR) is 105 cm³/mol. The summed E-state index contributed by atoms with van der Waals surface area (Å²) in [5, 5.41) is 24.7. The molecular formula is C17H16IN3O5. The molecule has 26 heavy (non-hydrogen) atoms. The average Bonchev–Trinajstić information content (AvgIpc) is 2.57. The van der Waals surface area contributed by atoms with Crippen molar-refractivity contribution >= 4 is 40.4 Å². The summed E-state index contributed by atoms with van der Waals surface area (Å²) >= 11 is 2.11. The van der Waals surface area contributed by atoms with Gasteiger partial charge < -0.3 is 9.84 Å². The molecule has 0 radical (unpaired) electrons. The number of rotatable bonds is 6. The van der Waals surface area contributed by atoms with E-state index in [4.69, 9.17) is 4.74 Å². The second-order valence-electron chi connectivity index (χ2n) is 5.47. The number of hydrogen-bond acceptors (Lipinski definition) is 6. The van der Waals surface area contributed by atoms with E-state index < -0.39 is 17.4 Å². The van der Waals surface area contributed by atoms with Crippen LogP contribution in [0.1, 0.15) is 16.7 Å². The van der Waals surface area contributed by atoms with Gasteiger partial charge in [-0.1, -0.05) is 6.07 Å². The molecule has 9 heteroatoms. The second-order valence-corrected chi connectivity index (χ2v) is 6.72. The van der Waals surface area contributed by atoms with Crippen LogP contribution in [0.5, 0.6) is 11.5 Å². The van der Waals surface area contributed by atoms with Crippen molar-refractivity contribution in [2.75, 3.05) is 6.61 Å². The van der Waals surface area contributed by atoms with Crippen molar-refractivity contribution in [1.82, 2.24) is 5.43 Å². The van der Waals surface area contributed by atoms with Gasteiger partial charge in [-0.05, 0) is 65.8 Å². The first kappa shape index (κ1) is 19.6. The van der Waals surface area contributed by atoms with Gasteiger partial charge in [0.05, 0.1) is 11.1 Å². The van der Waals surface area contributed by atoms with Gasteiger partial charge in [-0.3, -0.25) is 14.9 Å². The molecule has 0 unspecified atom stereocenters. The summed E-state index contributed by atoms with van der Waals surface area (Å²) < 4.78 is 6.12. The molecule has 0 aromatic heterocycles. The maximum absolute atomic E-state index is 11.8. The summed E-state index contributed by atoms with van der Waals surface area (Å²) in [6.07, 6.45) is 1.32. The molecule has 0 spiro atoms. The fourth-order valence-electron chi connectivity index (χ4n) is 2.10. The standard InChI is InChI=1S/C17H16IN3O5/c1-10-3-4-15(14(5-10)21(24)25)26-9-16(22)20-19-8-12-7-13(18)6-11(2)17(12)23/h3-8,23H,9H2,1-2H3,(H,20,22)/b19-8+. The van der Waals surface area contributed by atoms with Crippen LogP contribution in [0.2, 0.25) is 0 Å². The number of halogens is 1. The van der Waals surface area contributed by atoms with E-state index in [1.54, 1.807) is 26.0 Å². The zero-order valence-corrected chi connectivity index (χ0v) is 16.2. The molecule has 8 nitrogen and oxygen atoms in total. The molecule has 0 fully saturated rings. The lowest BCUT2D eigenvalue weighted by Gasteiger charge is -2.06. The number of benzene rings is 2. The van der Waals surface area contributed by atoms with Gasteiger partial charge >= 0.3 is 5.69 Å². The number of carbonyl (C=O) groups excluding carboxylic acids is 1. The molecule has 0 aliphatic heterocycles. The molecule has 136 valence electrons. The molecule has 0 saturated carbocycles. The van der Waals surface area contributed by atoms with Crippen LogP contribution < -0.4 is 10.2 Å². The summed E-state index contributed by atoms with van der Waals surface area (Å²) in [4.78, 5) is 22.2. The Hall–Kier alpha value is -2.69. The van der Waals surface area contributed by atoms with Crippen LogP contribution >= 0.6 is 22.6 Å². The van der Waals surface area contributed by atoms with Gasteiger partial charge in [-0.15, -0.1) is 0 Å². The van der Waals surface area contributed by atoms with Crippen molar-refractivity contribution in [2.24, 2.45) is 5.10 Å². The van der Waals surface area contributed by atoms with Crippen LogP contribution in [0.3, 0.4) is 0 Å². The number of aryl methyl sites for hydroxylation is 2. The number of hydrazone groups is 1. The molecule has 0 bridgehead atoms. The minimum Gasteiger partial charge on any atom is -0.507 e. The number of phenolic OH excluding ortho intramolecular Hbond substituents is 1. The van der Waals surface area contributed by atoms with Crippen molar-refractivity contribution in [2.45, 2.75) is 13.8 Å². The van der Waals surface area contributed by atoms with Crippen molar-refractivity contribution in [3.63, 3.8) is 0 Å². The molecular weight excluding hydrogens is 453 g/mol. The molecule has 0 atom stereocenters. The molecule has 0 aliphatic carbocycles. The van der Waals surface area contributed by atoms with E-state index in [2.05, 4.69) is 33.1 Å². The second kappa shape index (κ2) is 8.61. The first-order valence-corrected chi connectivity index (χ1v) is 8.54. The number of carbonyl (C=O) groups is 1. The highest BCUT2D eigenvalue weighted by atomic mass is 127. The highest BCUT2D eigenvalue weighted by Gasteiger charge is 2.16. The minimum absolute atomic E-state index is 0.00520. The number of amides is 1. The third-order valence-corrected chi connectivity index (χ3v) is 3.98. The summed E-state index contributed by atoms with van der Waals surface area (Å²) in [5.41, 5.74) is 3.91. The van der Waals surface area contributed by atoms with E-state index in [1.165, 1.54) is 18.3 Å². The number of nitro groups is 1. The van der Waals surface area contributed by atoms with Crippen LogP contribution in [0, 0.1) is 27.5 Å². The molecule has 2 aromatic carbocycles.